The van der Waals surface area contributed by atoms with E-state index in [-0.39, 0.29) is 0 Å². The van der Waals surface area contributed by atoms with Crippen LogP contribution in [0, 0.1) is 6.92 Å². The minimum Gasteiger partial charge on any atom is -0.356 e. The van der Waals surface area contributed by atoms with Crippen LogP contribution in [-0.2, 0) is 0 Å². The van der Waals surface area contributed by atoms with Crippen molar-refractivity contribution >= 4 is 11.8 Å². The van der Waals surface area contributed by atoms with Crippen LogP contribution >= 0.6 is 0 Å². The van der Waals surface area contributed by atoms with Gasteiger partial charge in [0.2, 0.25) is 5.95 Å². The van der Waals surface area contributed by atoms with Crippen molar-refractivity contribution in [2.75, 3.05) is 43.4 Å². The molecule has 5 heteroatoms. The van der Waals surface area contributed by atoms with E-state index in [0.29, 0.717) is 6.04 Å². The third-order valence-corrected chi connectivity index (χ3v) is 4.29. The van der Waals surface area contributed by atoms with E-state index in [1.54, 1.807) is 0 Å². The zero-order chi connectivity index (χ0) is 15.2. The van der Waals surface area contributed by atoms with Crippen LogP contribution in [0.5, 0.6) is 0 Å². The quantitative estimate of drug-likeness (QED) is 0.872. The highest BCUT2D eigenvalue weighted by Gasteiger charge is 2.22. The fraction of sp³-hybridized carbons (Fsp3) is 0.750. The molecule has 1 fully saturated rings. The summed E-state index contributed by atoms with van der Waals surface area (Å²) in [5.41, 5.74) is 1.02. The Balaban J connectivity index is 2.04. The summed E-state index contributed by atoms with van der Waals surface area (Å²) in [6.07, 6.45) is 3.51. The molecule has 0 aromatic carbocycles. The normalized spacial score (nSPS) is 17.0. The Hall–Kier alpha value is -1.36. The lowest BCUT2D eigenvalue weighted by Gasteiger charge is -2.37. The summed E-state index contributed by atoms with van der Waals surface area (Å²) in [5.74, 6) is 1.79. The minimum atomic E-state index is 0.584. The molecule has 1 aliphatic heterocycles. The predicted molar refractivity (Wildman–Crippen MR) is 89.1 cm³/mol. The first-order valence-electron chi connectivity index (χ1n) is 8.18. The Morgan fingerprint density at radius 2 is 2.00 bits per heavy atom. The number of anilines is 2. The highest BCUT2D eigenvalue weighted by Crippen LogP contribution is 2.22. The van der Waals surface area contributed by atoms with Crippen molar-refractivity contribution in [1.29, 1.82) is 0 Å². The third-order valence-electron chi connectivity index (χ3n) is 4.29. The molecule has 2 heterocycles. The van der Waals surface area contributed by atoms with Gasteiger partial charge in [0.15, 0.2) is 0 Å². The molecule has 21 heavy (non-hydrogen) atoms. The number of piperidine rings is 1. The summed E-state index contributed by atoms with van der Waals surface area (Å²) in [4.78, 5) is 14.0. The highest BCUT2D eigenvalue weighted by atomic mass is 15.2. The van der Waals surface area contributed by atoms with Gasteiger partial charge < -0.3 is 15.1 Å². The first-order chi connectivity index (χ1) is 10.1. The van der Waals surface area contributed by atoms with Crippen LogP contribution in [0.2, 0.25) is 0 Å². The zero-order valence-electron chi connectivity index (χ0n) is 13.9. The molecule has 0 atom stereocenters. The Kier molecular flexibility index (Phi) is 5.79. The number of aryl methyl sites for hydroxylation is 1. The Bertz CT molecular complexity index is 440. The summed E-state index contributed by atoms with van der Waals surface area (Å²) in [6, 6.07) is 2.67. The summed E-state index contributed by atoms with van der Waals surface area (Å²) >= 11 is 0. The molecule has 1 aromatic rings. The lowest BCUT2D eigenvalue weighted by atomic mass is 10.0. The molecule has 0 unspecified atom stereocenters. The van der Waals surface area contributed by atoms with Gasteiger partial charge in [-0.15, -0.1) is 0 Å². The van der Waals surface area contributed by atoms with Crippen molar-refractivity contribution in [2.45, 2.75) is 46.1 Å². The molecular formula is C16H29N5. The van der Waals surface area contributed by atoms with Crippen LogP contribution in [0.3, 0.4) is 0 Å². The van der Waals surface area contributed by atoms with Crippen molar-refractivity contribution in [3.8, 4) is 0 Å². The molecule has 1 saturated heterocycles. The van der Waals surface area contributed by atoms with Crippen LogP contribution in [-0.4, -0.2) is 54.1 Å². The SMILES string of the molecule is CCCNc1nc(C)cc(N(C)C2CCN(CC)CC2)n1. The van der Waals surface area contributed by atoms with Crippen LogP contribution in [0.25, 0.3) is 0 Å². The molecule has 2 rings (SSSR count). The van der Waals surface area contributed by atoms with Crippen molar-refractivity contribution in [1.82, 2.24) is 14.9 Å². The average molecular weight is 291 g/mol. The van der Waals surface area contributed by atoms with Crippen LogP contribution < -0.4 is 10.2 Å². The minimum absolute atomic E-state index is 0.584. The molecule has 0 saturated carbocycles. The summed E-state index contributed by atoms with van der Waals surface area (Å²) < 4.78 is 0. The van der Waals surface area contributed by atoms with Crippen LogP contribution in [0.15, 0.2) is 6.07 Å². The van der Waals surface area contributed by atoms with E-state index >= 15 is 0 Å². The monoisotopic (exact) mass is 291 g/mol. The fourth-order valence-electron chi connectivity index (χ4n) is 2.86. The first-order valence-corrected chi connectivity index (χ1v) is 8.18. The standard InChI is InChI=1S/C16H29N5/c1-5-9-17-16-18-13(3)12-15(19-16)20(4)14-7-10-21(6-2)11-8-14/h12,14H,5-11H2,1-4H3,(H,17,18,19). The Labute approximate surface area is 128 Å². The molecule has 1 aromatic heterocycles. The zero-order valence-corrected chi connectivity index (χ0v) is 13.9. The molecular weight excluding hydrogens is 262 g/mol. The van der Waals surface area contributed by atoms with Crippen LogP contribution in [0.4, 0.5) is 11.8 Å². The van der Waals surface area contributed by atoms with Gasteiger partial charge in [0.1, 0.15) is 5.82 Å². The second kappa shape index (κ2) is 7.59. The van der Waals surface area contributed by atoms with Gasteiger partial charge in [-0.3, -0.25) is 0 Å². The molecule has 0 aliphatic carbocycles. The average Bonchev–Trinajstić information content (AvgIpc) is 2.51. The van der Waals surface area contributed by atoms with Crippen molar-refractivity contribution in [2.24, 2.45) is 0 Å². The van der Waals surface area contributed by atoms with Gasteiger partial charge in [-0.1, -0.05) is 13.8 Å². The maximum Gasteiger partial charge on any atom is 0.224 e. The molecule has 5 nitrogen and oxygen atoms in total. The predicted octanol–water partition coefficient (Wildman–Crippen LogP) is 2.53. The van der Waals surface area contributed by atoms with E-state index in [1.807, 2.05) is 6.92 Å². The van der Waals surface area contributed by atoms with Crippen molar-refractivity contribution in [3.05, 3.63) is 11.8 Å². The fourth-order valence-corrected chi connectivity index (χ4v) is 2.86. The van der Waals surface area contributed by atoms with Crippen LogP contribution in [0.1, 0.15) is 38.8 Å². The number of hydrogen-bond acceptors (Lipinski definition) is 5. The van der Waals surface area contributed by atoms with Gasteiger partial charge in [-0.05, 0) is 32.7 Å². The van der Waals surface area contributed by atoms with Gasteiger partial charge >= 0.3 is 0 Å². The molecule has 0 spiro atoms. The molecule has 1 aliphatic rings. The van der Waals surface area contributed by atoms with E-state index in [9.17, 15) is 0 Å². The Morgan fingerprint density at radius 3 is 2.62 bits per heavy atom. The molecule has 118 valence electrons. The maximum absolute atomic E-state index is 4.68. The summed E-state index contributed by atoms with van der Waals surface area (Å²) in [7, 11) is 2.16. The number of likely N-dealkylation sites (tertiary alicyclic amines) is 1. The lowest BCUT2D eigenvalue weighted by molar-refractivity contribution is 0.220. The van der Waals surface area contributed by atoms with Gasteiger partial charge in [0.25, 0.3) is 0 Å². The largest absolute Gasteiger partial charge is 0.356 e. The number of hydrogen-bond donors (Lipinski definition) is 1. The topological polar surface area (TPSA) is 44.3 Å². The van der Waals surface area contributed by atoms with Gasteiger partial charge in [0, 0.05) is 44.5 Å². The van der Waals surface area contributed by atoms with E-state index < -0.39 is 0 Å². The number of nitrogens with one attached hydrogen (secondary N) is 1. The summed E-state index contributed by atoms with van der Waals surface area (Å²) in [5, 5.41) is 3.29. The molecule has 1 N–H and O–H groups in total. The molecule has 0 amide bonds. The number of nitrogens with zero attached hydrogens (tertiary/aromatic N) is 4. The Morgan fingerprint density at radius 1 is 1.29 bits per heavy atom. The van der Waals surface area contributed by atoms with E-state index in [4.69, 9.17) is 0 Å². The molecule has 0 radical (unpaired) electrons. The van der Waals surface area contributed by atoms with Gasteiger partial charge in [-0.25, -0.2) is 4.98 Å². The maximum atomic E-state index is 4.68. The van der Waals surface area contributed by atoms with E-state index in [1.165, 1.54) is 25.9 Å². The third kappa shape index (κ3) is 4.30. The summed E-state index contributed by atoms with van der Waals surface area (Å²) in [6.45, 7) is 10.9. The van der Waals surface area contributed by atoms with Crippen molar-refractivity contribution < 1.29 is 0 Å². The highest BCUT2D eigenvalue weighted by molar-refractivity contribution is 5.45. The van der Waals surface area contributed by atoms with Gasteiger partial charge in [0.05, 0.1) is 0 Å². The number of rotatable bonds is 6. The van der Waals surface area contributed by atoms with Gasteiger partial charge in [-0.2, -0.15) is 4.98 Å². The van der Waals surface area contributed by atoms with E-state index in [2.05, 4.69) is 52.0 Å². The smallest absolute Gasteiger partial charge is 0.224 e. The van der Waals surface area contributed by atoms with Crippen molar-refractivity contribution in [3.63, 3.8) is 0 Å². The second-order valence-corrected chi connectivity index (χ2v) is 5.89. The first kappa shape index (κ1) is 16.0. The molecule has 0 bridgehead atoms. The lowest BCUT2D eigenvalue weighted by Crippen LogP contribution is -2.43. The van der Waals surface area contributed by atoms with E-state index in [0.717, 1.165) is 37.0 Å². The second-order valence-electron chi connectivity index (χ2n) is 5.89. The number of aromatic nitrogens is 2.